The molecule has 0 radical (unpaired) electrons. The van der Waals surface area contributed by atoms with Gasteiger partial charge in [-0.15, -0.1) is 0 Å². The maximum atomic E-state index is 13.7. The predicted octanol–water partition coefficient (Wildman–Crippen LogP) is 2.03. The first-order chi connectivity index (χ1) is 11.1. The van der Waals surface area contributed by atoms with Crippen LogP contribution in [0.5, 0.6) is 0 Å². The lowest BCUT2D eigenvalue weighted by molar-refractivity contribution is -0.154. The Morgan fingerprint density at radius 2 is 2.17 bits per heavy atom. The molecule has 9 heteroatoms. The maximum Gasteiger partial charge on any atom is 0.417 e. The van der Waals surface area contributed by atoms with E-state index in [1.54, 1.807) is 6.92 Å². The van der Waals surface area contributed by atoms with Crippen molar-refractivity contribution < 1.29 is 27.2 Å². The van der Waals surface area contributed by atoms with E-state index in [0.717, 1.165) is 6.08 Å². The zero-order valence-electron chi connectivity index (χ0n) is 12.8. The first kappa shape index (κ1) is 17.9. The Balaban J connectivity index is 2.05. The quantitative estimate of drug-likeness (QED) is 0.671. The number of alkyl halides is 3. The first-order valence-electron chi connectivity index (χ1n) is 7.03. The van der Waals surface area contributed by atoms with Gasteiger partial charge in [0.2, 0.25) is 11.8 Å². The number of hydrogen-bond acceptors (Lipinski definition) is 3. The van der Waals surface area contributed by atoms with Gasteiger partial charge in [-0.05, 0) is 25.5 Å². The molecule has 5 nitrogen and oxygen atoms in total. The van der Waals surface area contributed by atoms with Crippen LogP contribution in [0.25, 0.3) is 0 Å². The van der Waals surface area contributed by atoms with Gasteiger partial charge in [-0.1, -0.05) is 6.58 Å². The number of carbonyl (C=O) groups excluding carboxylic acids is 2. The number of nitrogens with zero attached hydrogens (tertiary/aromatic N) is 2. The molecule has 1 N–H and O–H groups in total. The molecule has 0 spiro atoms. The third kappa shape index (κ3) is 3.24. The van der Waals surface area contributed by atoms with Crippen molar-refractivity contribution in [2.75, 3.05) is 6.54 Å². The standard InChI is InChI=1S/C15H15F4N3O2/c1-3-12(23)22-5-4-14(22,2)13(24)21-8-11-10(16)6-9(7-20-11)15(17,18)19/h3,6-7H,1,4-5,8H2,2H3,(H,21,24). The molecule has 1 aliphatic heterocycles. The molecule has 2 heterocycles. The molecular weight excluding hydrogens is 330 g/mol. The topological polar surface area (TPSA) is 62.3 Å². The summed E-state index contributed by atoms with van der Waals surface area (Å²) < 4.78 is 51.1. The lowest BCUT2D eigenvalue weighted by atomic mass is 9.85. The fourth-order valence-electron chi connectivity index (χ4n) is 2.36. The van der Waals surface area contributed by atoms with Gasteiger partial charge >= 0.3 is 6.18 Å². The third-order valence-electron chi connectivity index (χ3n) is 4.01. The number of halogens is 4. The molecule has 1 fully saturated rings. The summed E-state index contributed by atoms with van der Waals surface area (Å²) in [6.07, 6.45) is -2.69. The summed E-state index contributed by atoms with van der Waals surface area (Å²) in [5.74, 6) is -2.11. The Hall–Kier alpha value is -2.45. The molecule has 1 aromatic rings. The third-order valence-corrected chi connectivity index (χ3v) is 4.01. The van der Waals surface area contributed by atoms with E-state index in [2.05, 4.69) is 16.9 Å². The van der Waals surface area contributed by atoms with Gasteiger partial charge in [-0.3, -0.25) is 14.6 Å². The highest BCUT2D eigenvalue weighted by molar-refractivity contribution is 5.96. The van der Waals surface area contributed by atoms with Crippen LogP contribution in [0.2, 0.25) is 0 Å². The van der Waals surface area contributed by atoms with Crippen LogP contribution >= 0.6 is 0 Å². The number of aromatic nitrogens is 1. The molecule has 1 aromatic heterocycles. The summed E-state index contributed by atoms with van der Waals surface area (Å²) in [5.41, 5.74) is -2.61. The van der Waals surface area contributed by atoms with Crippen molar-refractivity contribution in [3.63, 3.8) is 0 Å². The molecule has 2 rings (SSSR count). The number of pyridine rings is 1. The van der Waals surface area contributed by atoms with Crippen LogP contribution in [0.1, 0.15) is 24.6 Å². The van der Waals surface area contributed by atoms with Crippen molar-refractivity contribution in [2.24, 2.45) is 0 Å². The van der Waals surface area contributed by atoms with Crippen LogP contribution < -0.4 is 5.32 Å². The molecule has 0 saturated carbocycles. The Bertz CT molecular complexity index is 690. The Morgan fingerprint density at radius 3 is 2.62 bits per heavy atom. The van der Waals surface area contributed by atoms with Crippen molar-refractivity contribution in [1.29, 1.82) is 0 Å². The molecule has 0 aromatic carbocycles. The second-order valence-corrected chi connectivity index (χ2v) is 5.55. The average molecular weight is 345 g/mol. The molecule has 130 valence electrons. The average Bonchev–Trinajstić information content (AvgIpc) is 2.50. The van der Waals surface area contributed by atoms with Gasteiger partial charge in [-0.25, -0.2) is 4.39 Å². The second kappa shape index (κ2) is 6.21. The first-order valence-corrected chi connectivity index (χ1v) is 7.03. The second-order valence-electron chi connectivity index (χ2n) is 5.55. The van der Waals surface area contributed by atoms with Gasteiger partial charge in [0.15, 0.2) is 0 Å². The van der Waals surface area contributed by atoms with Gasteiger partial charge in [0.25, 0.3) is 0 Å². The van der Waals surface area contributed by atoms with Gasteiger partial charge in [0, 0.05) is 12.7 Å². The molecule has 1 unspecified atom stereocenters. The van der Waals surface area contributed by atoms with E-state index in [1.165, 1.54) is 4.90 Å². The Morgan fingerprint density at radius 1 is 1.50 bits per heavy atom. The van der Waals surface area contributed by atoms with Crippen molar-refractivity contribution >= 4 is 11.8 Å². The summed E-state index contributed by atoms with van der Waals surface area (Å²) in [6.45, 7) is 4.90. The van der Waals surface area contributed by atoms with Crippen LogP contribution in [-0.2, 0) is 22.3 Å². The van der Waals surface area contributed by atoms with E-state index >= 15 is 0 Å². The minimum absolute atomic E-state index is 0.319. The molecule has 24 heavy (non-hydrogen) atoms. The van der Waals surface area contributed by atoms with E-state index in [9.17, 15) is 27.2 Å². The smallest absolute Gasteiger partial charge is 0.348 e. The lowest BCUT2D eigenvalue weighted by Gasteiger charge is -2.48. The monoisotopic (exact) mass is 345 g/mol. The SMILES string of the molecule is C=CC(=O)N1CCC1(C)C(=O)NCc1ncc(C(F)(F)F)cc1F. The van der Waals surface area contributed by atoms with E-state index in [-0.39, 0.29) is 12.2 Å². The summed E-state index contributed by atoms with van der Waals surface area (Å²) in [6, 6.07) is 0.326. The van der Waals surface area contributed by atoms with Crippen LogP contribution in [0.3, 0.4) is 0 Å². The van der Waals surface area contributed by atoms with Crippen molar-refractivity contribution in [3.8, 4) is 0 Å². The van der Waals surface area contributed by atoms with Crippen LogP contribution in [0.15, 0.2) is 24.9 Å². The zero-order chi connectivity index (χ0) is 18.1. The summed E-state index contributed by atoms with van der Waals surface area (Å²) >= 11 is 0. The van der Waals surface area contributed by atoms with Crippen LogP contribution in [0.4, 0.5) is 17.6 Å². The largest absolute Gasteiger partial charge is 0.417 e. The van der Waals surface area contributed by atoms with Gasteiger partial charge in [-0.2, -0.15) is 13.2 Å². The molecular formula is C15H15F4N3O2. The molecule has 0 bridgehead atoms. The molecule has 1 atom stereocenters. The van der Waals surface area contributed by atoms with Crippen molar-refractivity contribution in [3.05, 3.63) is 42.0 Å². The minimum atomic E-state index is -4.69. The molecule has 0 aliphatic carbocycles. The van der Waals surface area contributed by atoms with Crippen LogP contribution in [0, 0.1) is 5.82 Å². The van der Waals surface area contributed by atoms with E-state index in [1.807, 2.05) is 0 Å². The highest BCUT2D eigenvalue weighted by Crippen LogP contribution is 2.31. The Labute approximate surface area is 135 Å². The van der Waals surface area contributed by atoms with E-state index < -0.39 is 34.9 Å². The van der Waals surface area contributed by atoms with Crippen molar-refractivity contribution in [2.45, 2.75) is 31.6 Å². The normalized spacial score (nSPS) is 20.3. The number of hydrogen-bond donors (Lipinski definition) is 1. The summed E-state index contributed by atoms with van der Waals surface area (Å²) in [7, 11) is 0. The molecule has 1 aliphatic rings. The van der Waals surface area contributed by atoms with Crippen LogP contribution in [-0.4, -0.2) is 33.8 Å². The van der Waals surface area contributed by atoms with Gasteiger partial charge in [0.1, 0.15) is 11.4 Å². The highest BCUT2D eigenvalue weighted by atomic mass is 19.4. The molecule has 2 amide bonds. The van der Waals surface area contributed by atoms with Gasteiger partial charge < -0.3 is 10.2 Å². The predicted molar refractivity (Wildman–Crippen MR) is 76.0 cm³/mol. The number of carbonyl (C=O) groups is 2. The number of rotatable bonds is 4. The van der Waals surface area contributed by atoms with Crippen molar-refractivity contribution in [1.82, 2.24) is 15.2 Å². The number of amides is 2. The number of likely N-dealkylation sites (tertiary alicyclic amines) is 1. The summed E-state index contributed by atoms with van der Waals surface area (Å²) in [4.78, 5) is 28.6. The number of nitrogens with one attached hydrogen (secondary N) is 1. The van der Waals surface area contributed by atoms with Gasteiger partial charge in [0.05, 0.1) is 17.8 Å². The highest BCUT2D eigenvalue weighted by Gasteiger charge is 2.48. The van der Waals surface area contributed by atoms with E-state index in [4.69, 9.17) is 0 Å². The fourth-order valence-corrected chi connectivity index (χ4v) is 2.36. The summed E-state index contributed by atoms with van der Waals surface area (Å²) in [5, 5.41) is 2.40. The molecule has 1 saturated heterocycles. The Kier molecular flexibility index (Phi) is 4.63. The lowest BCUT2D eigenvalue weighted by Crippen LogP contribution is -2.67. The zero-order valence-corrected chi connectivity index (χ0v) is 12.8. The fraction of sp³-hybridized carbons (Fsp3) is 0.400. The maximum absolute atomic E-state index is 13.7. The minimum Gasteiger partial charge on any atom is -0.348 e. The van der Waals surface area contributed by atoms with E-state index in [0.29, 0.717) is 25.2 Å².